The number of benzene rings is 1. The second-order valence-electron chi connectivity index (χ2n) is 7.23. The van der Waals surface area contributed by atoms with Gasteiger partial charge >= 0.3 is 0 Å². The summed E-state index contributed by atoms with van der Waals surface area (Å²) in [6.45, 7) is 3.45. The molecule has 6 heteroatoms. The fourth-order valence-electron chi connectivity index (χ4n) is 4.00. The van der Waals surface area contributed by atoms with E-state index in [0.29, 0.717) is 19.1 Å². The van der Waals surface area contributed by atoms with E-state index in [1.54, 1.807) is 6.26 Å². The van der Waals surface area contributed by atoms with Crippen molar-refractivity contribution in [3.63, 3.8) is 0 Å². The van der Waals surface area contributed by atoms with Gasteiger partial charge < -0.3 is 20.2 Å². The summed E-state index contributed by atoms with van der Waals surface area (Å²) in [5, 5.41) is 3.38. The van der Waals surface area contributed by atoms with Crippen molar-refractivity contribution in [2.75, 3.05) is 26.2 Å². The first-order valence-electron chi connectivity index (χ1n) is 9.87. The topological polar surface area (TPSA) is 76.0 Å². The highest BCUT2D eigenvalue weighted by Crippen LogP contribution is 2.31. The number of furan rings is 1. The van der Waals surface area contributed by atoms with Crippen LogP contribution in [0, 0.1) is 0 Å². The maximum absolute atomic E-state index is 6.24. The summed E-state index contributed by atoms with van der Waals surface area (Å²) in [5.41, 5.74) is 7.38. The van der Waals surface area contributed by atoms with Crippen LogP contribution < -0.4 is 15.8 Å². The second kappa shape index (κ2) is 8.48. The lowest BCUT2D eigenvalue weighted by Gasteiger charge is -2.32. The van der Waals surface area contributed by atoms with Crippen molar-refractivity contribution in [2.45, 2.75) is 37.8 Å². The number of hydrogen-bond donors (Lipinski definition) is 2. The standard InChI is InChI=1S/C21H28N4O2/c22-21(24-17-10-14-27-19-8-3-2-7-16(17)19)23-15-18(20-9-6-13-26-20)25-11-4-1-5-12-25/h2-3,6-9,13,17-18H,1,4-5,10-12,14-15H2,(H3,22,23,24). The minimum absolute atomic E-state index is 0.135. The summed E-state index contributed by atoms with van der Waals surface area (Å²) < 4.78 is 11.4. The van der Waals surface area contributed by atoms with Gasteiger partial charge in [-0.3, -0.25) is 9.89 Å². The van der Waals surface area contributed by atoms with Gasteiger partial charge in [0.15, 0.2) is 5.96 Å². The molecular formula is C21H28N4O2. The first-order chi connectivity index (χ1) is 13.3. The fraction of sp³-hybridized carbons (Fsp3) is 0.476. The molecule has 2 unspecified atom stereocenters. The number of aliphatic imine (C=N–C) groups is 1. The fourth-order valence-corrected chi connectivity index (χ4v) is 4.00. The third-order valence-corrected chi connectivity index (χ3v) is 5.42. The largest absolute Gasteiger partial charge is 0.493 e. The quantitative estimate of drug-likeness (QED) is 0.626. The molecule has 2 aliphatic heterocycles. The molecule has 4 rings (SSSR count). The summed E-state index contributed by atoms with van der Waals surface area (Å²) in [5.74, 6) is 2.37. The Morgan fingerprint density at radius 1 is 1.19 bits per heavy atom. The highest BCUT2D eigenvalue weighted by Gasteiger charge is 2.25. The van der Waals surface area contributed by atoms with Crippen molar-refractivity contribution < 1.29 is 9.15 Å². The van der Waals surface area contributed by atoms with E-state index in [-0.39, 0.29) is 12.1 Å². The predicted molar refractivity (Wildman–Crippen MR) is 106 cm³/mol. The number of hydrogen-bond acceptors (Lipinski definition) is 4. The van der Waals surface area contributed by atoms with E-state index in [4.69, 9.17) is 14.9 Å². The Bertz CT molecular complexity index is 753. The maximum Gasteiger partial charge on any atom is 0.189 e. The molecule has 3 N–H and O–H groups in total. The van der Waals surface area contributed by atoms with E-state index in [2.05, 4.69) is 21.3 Å². The normalized spacial score (nSPS) is 21.9. The number of piperidine rings is 1. The summed E-state index contributed by atoms with van der Waals surface area (Å²) in [4.78, 5) is 7.12. The van der Waals surface area contributed by atoms with E-state index in [9.17, 15) is 0 Å². The number of nitrogens with zero attached hydrogens (tertiary/aromatic N) is 2. The molecule has 1 aromatic carbocycles. The van der Waals surface area contributed by atoms with Crippen molar-refractivity contribution in [3.05, 3.63) is 54.0 Å². The first kappa shape index (κ1) is 17.9. The van der Waals surface area contributed by atoms with Crippen LogP contribution >= 0.6 is 0 Å². The molecule has 0 radical (unpaired) electrons. The number of nitrogens with two attached hydrogens (primary N) is 1. The molecule has 0 amide bonds. The van der Waals surface area contributed by atoms with Crippen molar-refractivity contribution in [1.29, 1.82) is 0 Å². The van der Waals surface area contributed by atoms with Crippen LogP contribution in [0.25, 0.3) is 0 Å². The molecule has 0 saturated carbocycles. The number of nitrogens with one attached hydrogen (secondary N) is 1. The minimum atomic E-state index is 0.135. The van der Waals surface area contributed by atoms with Crippen molar-refractivity contribution in [1.82, 2.24) is 10.2 Å². The van der Waals surface area contributed by atoms with Gasteiger partial charge in [-0.1, -0.05) is 24.6 Å². The van der Waals surface area contributed by atoms with Crippen LogP contribution in [0.2, 0.25) is 0 Å². The third-order valence-electron chi connectivity index (χ3n) is 5.42. The average Bonchev–Trinajstić information content (AvgIpc) is 3.24. The van der Waals surface area contributed by atoms with Gasteiger partial charge in [-0.2, -0.15) is 0 Å². The lowest BCUT2D eigenvalue weighted by molar-refractivity contribution is 0.150. The van der Waals surface area contributed by atoms with Crippen LogP contribution in [0.4, 0.5) is 0 Å². The third kappa shape index (κ3) is 4.27. The monoisotopic (exact) mass is 368 g/mol. The van der Waals surface area contributed by atoms with E-state index < -0.39 is 0 Å². The molecule has 1 fully saturated rings. The zero-order valence-corrected chi connectivity index (χ0v) is 15.6. The van der Waals surface area contributed by atoms with Gasteiger partial charge in [0.25, 0.3) is 0 Å². The van der Waals surface area contributed by atoms with Gasteiger partial charge in [-0.15, -0.1) is 0 Å². The second-order valence-corrected chi connectivity index (χ2v) is 7.23. The number of rotatable bonds is 5. The summed E-state index contributed by atoms with van der Waals surface area (Å²) in [6.07, 6.45) is 6.37. The highest BCUT2D eigenvalue weighted by atomic mass is 16.5. The van der Waals surface area contributed by atoms with Gasteiger partial charge in [-0.05, 0) is 44.1 Å². The van der Waals surface area contributed by atoms with Crippen LogP contribution in [-0.2, 0) is 0 Å². The molecule has 3 heterocycles. The van der Waals surface area contributed by atoms with Crippen molar-refractivity contribution in [3.8, 4) is 5.75 Å². The number of likely N-dealkylation sites (tertiary alicyclic amines) is 1. The summed E-state index contributed by atoms with van der Waals surface area (Å²) >= 11 is 0. The van der Waals surface area contributed by atoms with Crippen LogP contribution in [0.3, 0.4) is 0 Å². The van der Waals surface area contributed by atoms with Gasteiger partial charge in [0.2, 0.25) is 0 Å². The van der Waals surface area contributed by atoms with Gasteiger partial charge in [0, 0.05) is 12.0 Å². The molecule has 0 aliphatic carbocycles. The molecule has 1 aromatic heterocycles. The lowest BCUT2D eigenvalue weighted by Crippen LogP contribution is -2.39. The summed E-state index contributed by atoms with van der Waals surface area (Å²) in [6, 6.07) is 12.4. The van der Waals surface area contributed by atoms with Crippen LogP contribution in [0.15, 0.2) is 52.1 Å². The smallest absolute Gasteiger partial charge is 0.189 e. The zero-order valence-electron chi connectivity index (χ0n) is 15.6. The van der Waals surface area contributed by atoms with Crippen molar-refractivity contribution in [2.24, 2.45) is 10.7 Å². The number of ether oxygens (including phenoxy) is 1. The van der Waals surface area contributed by atoms with Gasteiger partial charge in [-0.25, -0.2) is 0 Å². The Balaban J connectivity index is 1.44. The van der Waals surface area contributed by atoms with Gasteiger partial charge in [0.05, 0.1) is 31.5 Å². The molecule has 6 nitrogen and oxygen atoms in total. The summed E-state index contributed by atoms with van der Waals surface area (Å²) in [7, 11) is 0. The molecule has 0 bridgehead atoms. The molecule has 0 spiro atoms. The number of fused-ring (bicyclic) bond motifs is 1. The Hall–Kier alpha value is -2.47. The number of guanidine groups is 1. The van der Waals surface area contributed by atoms with Crippen LogP contribution in [0.5, 0.6) is 5.75 Å². The maximum atomic E-state index is 6.24. The SMILES string of the molecule is NC(=NCC(c1ccco1)N1CCCCC1)NC1CCOc2ccccc21. The average molecular weight is 368 g/mol. The minimum Gasteiger partial charge on any atom is -0.493 e. The zero-order chi connectivity index (χ0) is 18.5. The molecular weight excluding hydrogens is 340 g/mol. The van der Waals surface area contributed by atoms with Gasteiger partial charge in [0.1, 0.15) is 11.5 Å². The van der Waals surface area contributed by atoms with E-state index >= 15 is 0 Å². The Morgan fingerprint density at radius 3 is 2.85 bits per heavy atom. The highest BCUT2D eigenvalue weighted by molar-refractivity contribution is 5.78. The van der Waals surface area contributed by atoms with Crippen molar-refractivity contribution >= 4 is 5.96 Å². The van der Waals surface area contributed by atoms with Crippen LogP contribution in [-0.4, -0.2) is 37.1 Å². The first-order valence-corrected chi connectivity index (χ1v) is 9.87. The van der Waals surface area contributed by atoms with E-state index in [1.165, 1.54) is 19.3 Å². The molecule has 2 aliphatic rings. The van der Waals surface area contributed by atoms with E-state index in [0.717, 1.165) is 36.6 Å². The predicted octanol–water partition coefficient (Wildman–Crippen LogP) is 3.23. The lowest BCUT2D eigenvalue weighted by atomic mass is 10.0. The molecule has 27 heavy (non-hydrogen) atoms. The Kier molecular flexibility index (Phi) is 5.63. The Morgan fingerprint density at radius 2 is 2.04 bits per heavy atom. The number of para-hydroxylation sites is 1. The molecule has 1 saturated heterocycles. The molecule has 2 aromatic rings. The molecule has 144 valence electrons. The van der Waals surface area contributed by atoms with E-state index in [1.807, 2.05) is 30.3 Å². The Labute approximate surface area is 160 Å². The molecule has 2 atom stereocenters. The van der Waals surface area contributed by atoms with Crippen LogP contribution in [0.1, 0.15) is 49.1 Å².